The maximum Gasteiger partial charge on any atom is 0.294 e. The maximum absolute atomic E-state index is 13.4. The Hall–Kier alpha value is -3.69. The first kappa shape index (κ1) is 24.0. The van der Waals surface area contributed by atoms with E-state index in [1.54, 1.807) is 36.4 Å². The lowest BCUT2D eigenvalue weighted by molar-refractivity contribution is -0.114. The number of hydrogen-bond donors (Lipinski definition) is 1. The molecule has 0 atom stereocenters. The van der Waals surface area contributed by atoms with Crippen molar-refractivity contribution in [3.8, 4) is 11.3 Å². The quantitative estimate of drug-likeness (QED) is 0.236. The lowest BCUT2D eigenvalue weighted by Gasteiger charge is -2.12. The Bertz CT molecular complexity index is 1640. The number of halogens is 2. The Kier molecular flexibility index (Phi) is 6.27. The molecule has 0 saturated heterocycles. The highest BCUT2D eigenvalue weighted by Gasteiger charge is 2.32. The lowest BCUT2D eigenvalue weighted by atomic mass is 10.0. The van der Waals surface area contributed by atoms with E-state index in [1.807, 2.05) is 30.3 Å². The Morgan fingerprint density at radius 2 is 1.58 bits per heavy atom. The van der Waals surface area contributed by atoms with Crippen LogP contribution in [0.15, 0.2) is 105 Å². The average molecular weight is 539 g/mol. The zero-order valence-electron chi connectivity index (χ0n) is 18.3. The van der Waals surface area contributed by atoms with Gasteiger partial charge >= 0.3 is 0 Å². The van der Waals surface area contributed by atoms with E-state index in [2.05, 4.69) is 5.10 Å². The SMILES string of the molecule is O=C1C(=Cc2ccc(-c3ccc(S(=O)(=O)O)cc3)o2)C(c2ccccc2)=NN1c1ccc(Cl)c(Cl)c1. The van der Waals surface area contributed by atoms with Gasteiger partial charge in [0.2, 0.25) is 0 Å². The number of nitrogens with zero attached hydrogens (tertiary/aromatic N) is 2. The van der Waals surface area contributed by atoms with Crippen molar-refractivity contribution < 1.29 is 22.2 Å². The fourth-order valence-electron chi connectivity index (χ4n) is 3.66. The van der Waals surface area contributed by atoms with Crippen LogP contribution in [0, 0.1) is 0 Å². The summed E-state index contributed by atoms with van der Waals surface area (Å²) in [6.45, 7) is 0. The zero-order valence-corrected chi connectivity index (χ0v) is 20.6. The van der Waals surface area contributed by atoms with Crippen molar-refractivity contribution in [2.75, 3.05) is 5.01 Å². The molecule has 4 aromatic rings. The molecule has 180 valence electrons. The molecule has 10 heteroatoms. The summed E-state index contributed by atoms with van der Waals surface area (Å²) in [5.41, 5.74) is 2.58. The van der Waals surface area contributed by atoms with Crippen molar-refractivity contribution in [1.29, 1.82) is 0 Å². The standard InChI is InChI=1S/C26H16Cl2N2O5S/c27-22-12-8-18(14-23(22)28)30-26(31)21(25(29-30)17-4-2-1-3-5-17)15-19-9-13-24(35-19)16-6-10-20(11-7-16)36(32,33)34/h1-15H,(H,32,33,34). The van der Waals surface area contributed by atoms with Gasteiger partial charge in [0.25, 0.3) is 16.0 Å². The second-order valence-corrected chi connectivity index (χ2v) is 10.0. The van der Waals surface area contributed by atoms with E-state index in [0.717, 1.165) is 5.56 Å². The van der Waals surface area contributed by atoms with E-state index in [-0.39, 0.29) is 10.8 Å². The number of furan rings is 1. The van der Waals surface area contributed by atoms with Crippen LogP contribution >= 0.6 is 23.2 Å². The van der Waals surface area contributed by atoms with Crippen molar-refractivity contribution in [2.24, 2.45) is 5.10 Å². The zero-order chi connectivity index (χ0) is 25.4. The van der Waals surface area contributed by atoms with Gasteiger partial charge < -0.3 is 4.42 Å². The highest BCUT2D eigenvalue weighted by Crippen LogP contribution is 2.33. The molecule has 7 nitrogen and oxygen atoms in total. The molecule has 1 aromatic heterocycles. The van der Waals surface area contributed by atoms with E-state index in [0.29, 0.717) is 44.1 Å². The van der Waals surface area contributed by atoms with Crippen molar-refractivity contribution in [1.82, 2.24) is 0 Å². The number of anilines is 1. The summed E-state index contributed by atoms with van der Waals surface area (Å²) >= 11 is 12.2. The molecule has 1 aliphatic heterocycles. The number of carbonyl (C=O) groups excluding carboxylic acids is 1. The monoisotopic (exact) mass is 538 g/mol. The van der Waals surface area contributed by atoms with Gasteiger partial charge in [0.05, 0.1) is 26.2 Å². The highest BCUT2D eigenvalue weighted by atomic mass is 35.5. The first-order valence-electron chi connectivity index (χ1n) is 10.5. The van der Waals surface area contributed by atoms with Crippen molar-refractivity contribution in [3.63, 3.8) is 0 Å². The summed E-state index contributed by atoms with van der Waals surface area (Å²) in [5.74, 6) is 0.475. The molecule has 0 saturated carbocycles. The number of carbonyl (C=O) groups is 1. The largest absolute Gasteiger partial charge is 0.457 e. The minimum atomic E-state index is -4.30. The van der Waals surface area contributed by atoms with Crippen molar-refractivity contribution >= 4 is 56.7 Å². The lowest BCUT2D eigenvalue weighted by Crippen LogP contribution is -2.21. The Balaban J connectivity index is 1.52. The molecule has 1 aliphatic rings. The molecule has 0 unspecified atom stereocenters. The number of benzene rings is 3. The second kappa shape index (κ2) is 9.40. The van der Waals surface area contributed by atoms with Crippen LogP contribution in [0.3, 0.4) is 0 Å². The summed E-state index contributed by atoms with van der Waals surface area (Å²) in [6.07, 6.45) is 1.60. The van der Waals surface area contributed by atoms with Crippen LogP contribution in [-0.2, 0) is 14.9 Å². The number of amides is 1. The van der Waals surface area contributed by atoms with Crippen molar-refractivity contribution in [2.45, 2.75) is 4.90 Å². The fraction of sp³-hybridized carbons (Fsp3) is 0. The van der Waals surface area contributed by atoms with Crippen LogP contribution in [0.5, 0.6) is 0 Å². The highest BCUT2D eigenvalue weighted by molar-refractivity contribution is 7.85. The molecule has 1 amide bonds. The molecule has 2 heterocycles. The van der Waals surface area contributed by atoms with E-state index >= 15 is 0 Å². The Morgan fingerprint density at radius 1 is 0.861 bits per heavy atom. The third kappa shape index (κ3) is 4.72. The molecule has 1 N–H and O–H groups in total. The summed E-state index contributed by atoms with van der Waals surface area (Å²) in [4.78, 5) is 13.2. The molecular formula is C26H16Cl2N2O5S. The van der Waals surface area contributed by atoms with Crippen LogP contribution in [0.1, 0.15) is 11.3 Å². The van der Waals surface area contributed by atoms with Crippen LogP contribution in [0.25, 0.3) is 17.4 Å². The predicted octanol–water partition coefficient (Wildman–Crippen LogP) is 6.33. The molecule has 0 aliphatic carbocycles. The maximum atomic E-state index is 13.4. The van der Waals surface area contributed by atoms with E-state index in [4.69, 9.17) is 27.6 Å². The number of hydrogen-bond acceptors (Lipinski definition) is 5. The van der Waals surface area contributed by atoms with Crippen LogP contribution in [0.4, 0.5) is 5.69 Å². The minimum Gasteiger partial charge on any atom is -0.457 e. The molecule has 0 spiro atoms. The van der Waals surface area contributed by atoms with E-state index < -0.39 is 10.1 Å². The first-order chi connectivity index (χ1) is 17.2. The normalized spacial score (nSPS) is 15.0. The van der Waals surface area contributed by atoms with Gasteiger partial charge in [-0.1, -0.05) is 53.5 Å². The molecule has 0 fully saturated rings. The second-order valence-electron chi connectivity index (χ2n) is 7.79. The van der Waals surface area contributed by atoms with E-state index in [9.17, 15) is 17.8 Å². The summed E-state index contributed by atoms with van der Waals surface area (Å²) in [7, 11) is -4.30. The summed E-state index contributed by atoms with van der Waals surface area (Å²) < 4.78 is 37.7. The Morgan fingerprint density at radius 3 is 2.25 bits per heavy atom. The molecule has 3 aromatic carbocycles. The van der Waals surface area contributed by atoms with Crippen molar-refractivity contribution in [3.05, 3.63) is 112 Å². The Labute approximate surface area is 216 Å². The molecule has 36 heavy (non-hydrogen) atoms. The van der Waals surface area contributed by atoms with Crippen LogP contribution < -0.4 is 5.01 Å². The summed E-state index contributed by atoms with van der Waals surface area (Å²) in [6, 6.07) is 23.1. The number of hydrazone groups is 1. The van der Waals surface area contributed by atoms with Gasteiger partial charge in [0.1, 0.15) is 17.2 Å². The topological polar surface area (TPSA) is 100 Å². The molecular weight excluding hydrogens is 523 g/mol. The van der Waals surface area contributed by atoms with Gasteiger partial charge in [-0.3, -0.25) is 9.35 Å². The molecule has 5 rings (SSSR count). The average Bonchev–Trinajstić information content (AvgIpc) is 3.46. The van der Waals surface area contributed by atoms with E-state index in [1.165, 1.54) is 29.3 Å². The minimum absolute atomic E-state index is 0.220. The molecule has 0 radical (unpaired) electrons. The van der Waals surface area contributed by atoms with Gasteiger partial charge in [-0.25, -0.2) is 0 Å². The van der Waals surface area contributed by atoms with Gasteiger partial charge in [0, 0.05) is 11.1 Å². The van der Waals surface area contributed by atoms with Gasteiger partial charge in [-0.2, -0.15) is 18.5 Å². The van der Waals surface area contributed by atoms with Gasteiger partial charge in [-0.05, 0) is 60.7 Å². The molecule has 0 bridgehead atoms. The fourth-order valence-corrected chi connectivity index (χ4v) is 4.44. The van der Waals surface area contributed by atoms with Gasteiger partial charge in [-0.15, -0.1) is 0 Å². The third-order valence-electron chi connectivity index (χ3n) is 5.42. The number of rotatable bonds is 5. The van der Waals surface area contributed by atoms with Crippen LogP contribution in [0.2, 0.25) is 10.0 Å². The summed E-state index contributed by atoms with van der Waals surface area (Å²) in [5, 5.41) is 6.48. The predicted molar refractivity (Wildman–Crippen MR) is 139 cm³/mol. The first-order valence-corrected chi connectivity index (χ1v) is 12.7. The smallest absolute Gasteiger partial charge is 0.294 e. The van der Waals surface area contributed by atoms with Gasteiger partial charge in [0.15, 0.2) is 0 Å². The third-order valence-corrected chi connectivity index (χ3v) is 7.03. The van der Waals surface area contributed by atoms with Crippen LogP contribution in [-0.4, -0.2) is 24.6 Å².